The van der Waals surface area contributed by atoms with Gasteiger partial charge in [0.1, 0.15) is 12.4 Å². The first kappa shape index (κ1) is 29.1. The molecule has 0 atom stereocenters. The second kappa shape index (κ2) is 15.0. The average Bonchev–Trinajstić information content (AvgIpc) is 3.32. The molecule has 2 amide bonds. The molecule has 1 aromatic heterocycles. The Morgan fingerprint density at radius 2 is 1.48 bits per heavy atom. The van der Waals surface area contributed by atoms with E-state index in [-0.39, 0.29) is 11.8 Å². The SMILES string of the molecule is CCCN(CCC)C(=O)Cn1c(CCCCCNC(=O)Cc2ccc(-c3ccccc3)cc2)nc2ccccc21. The van der Waals surface area contributed by atoms with Crippen LogP contribution in [0.3, 0.4) is 0 Å². The zero-order valence-corrected chi connectivity index (χ0v) is 23.9. The highest BCUT2D eigenvalue weighted by Gasteiger charge is 2.17. The summed E-state index contributed by atoms with van der Waals surface area (Å²) in [7, 11) is 0. The molecule has 6 heteroatoms. The molecular weight excluding hydrogens is 496 g/mol. The summed E-state index contributed by atoms with van der Waals surface area (Å²) < 4.78 is 2.10. The third-order valence-electron chi connectivity index (χ3n) is 7.19. The van der Waals surface area contributed by atoms with Gasteiger partial charge in [0.25, 0.3) is 0 Å². The van der Waals surface area contributed by atoms with Gasteiger partial charge in [-0.15, -0.1) is 0 Å². The monoisotopic (exact) mass is 538 g/mol. The van der Waals surface area contributed by atoms with Gasteiger partial charge in [-0.05, 0) is 54.5 Å². The summed E-state index contributed by atoms with van der Waals surface area (Å²) in [5, 5.41) is 3.06. The quantitative estimate of drug-likeness (QED) is 0.178. The molecule has 1 heterocycles. The topological polar surface area (TPSA) is 67.2 Å². The van der Waals surface area contributed by atoms with Gasteiger partial charge >= 0.3 is 0 Å². The minimum Gasteiger partial charge on any atom is -0.356 e. The molecule has 0 radical (unpaired) electrons. The van der Waals surface area contributed by atoms with E-state index in [9.17, 15) is 9.59 Å². The van der Waals surface area contributed by atoms with Gasteiger partial charge in [-0.3, -0.25) is 9.59 Å². The van der Waals surface area contributed by atoms with Crippen molar-refractivity contribution in [3.05, 3.63) is 90.3 Å². The Labute approximate surface area is 238 Å². The number of fused-ring (bicyclic) bond motifs is 1. The molecule has 0 bridgehead atoms. The Hall–Kier alpha value is -3.93. The Morgan fingerprint density at radius 3 is 2.20 bits per heavy atom. The minimum absolute atomic E-state index is 0.0523. The molecule has 0 saturated carbocycles. The predicted molar refractivity (Wildman–Crippen MR) is 163 cm³/mol. The van der Waals surface area contributed by atoms with Gasteiger partial charge in [0, 0.05) is 26.1 Å². The fraction of sp³-hybridized carbons (Fsp3) is 0.382. The van der Waals surface area contributed by atoms with Gasteiger partial charge < -0.3 is 14.8 Å². The van der Waals surface area contributed by atoms with Crippen molar-refractivity contribution in [2.45, 2.75) is 65.3 Å². The fourth-order valence-corrected chi connectivity index (χ4v) is 5.14. The first-order valence-electron chi connectivity index (χ1n) is 14.7. The smallest absolute Gasteiger partial charge is 0.242 e. The summed E-state index contributed by atoms with van der Waals surface area (Å²) in [5.41, 5.74) is 5.30. The number of nitrogens with zero attached hydrogens (tertiary/aromatic N) is 3. The number of hydrogen-bond acceptors (Lipinski definition) is 3. The van der Waals surface area contributed by atoms with E-state index in [0.29, 0.717) is 19.5 Å². The maximum atomic E-state index is 13.1. The van der Waals surface area contributed by atoms with Crippen LogP contribution in [0.15, 0.2) is 78.9 Å². The van der Waals surface area contributed by atoms with Crippen LogP contribution in [0.2, 0.25) is 0 Å². The van der Waals surface area contributed by atoms with Crippen molar-refractivity contribution in [3.63, 3.8) is 0 Å². The summed E-state index contributed by atoms with van der Waals surface area (Å²) in [5.74, 6) is 1.17. The molecule has 4 rings (SSSR count). The van der Waals surface area contributed by atoms with Crippen molar-refractivity contribution in [1.82, 2.24) is 19.8 Å². The number of carbonyl (C=O) groups excluding carboxylic acids is 2. The van der Waals surface area contributed by atoms with Crippen molar-refractivity contribution in [2.75, 3.05) is 19.6 Å². The molecule has 0 unspecified atom stereocenters. The van der Waals surface area contributed by atoms with Gasteiger partial charge in [-0.1, -0.05) is 87.0 Å². The lowest BCUT2D eigenvalue weighted by molar-refractivity contribution is -0.132. The van der Waals surface area contributed by atoms with Crippen molar-refractivity contribution in [1.29, 1.82) is 0 Å². The van der Waals surface area contributed by atoms with E-state index in [1.54, 1.807) is 0 Å². The number of benzene rings is 3. The number of nitrogens with one attached hydrogen (secondary N) is 1. The maximum absolute atomic E-state index is 13.1. The first-order chi connectivity index (χ1) is 19.6. The number of hydrogen-bond donors (Lipinski definition) is 1. The summed E-state index contributed by atoms with van der Waals surface area (Å²) >= 11 is 0. The van der Waals surface area contributed by atoms with E-state index in [1.165, 1.54) is 5.56 Å². The van der Waals surface area contributed by atoms with Crippen molar-refractivity contribution in [2.24, 2.45) is 0 Å². The highest BCUT2D eigenvalue weighted by Crippen LogP contribution is 2.20. The summed E-state index contributed by atoms with van der Waals surface area (Å²) in [4.78, 5) is 32.4. The van der Waals surface area contributed by atoms with Gasteiger partial charge in [0.15, 0.2) is 0 Å². The number of rotatable bonds is 15. The molecule has 0 aliphatic heterocycles. The van der Waals surface area contributed by atoms with Crippen LogP contribution in [-0.2, 0) is 29.0 Å². The van der Waals surface area contributed by atoms with E-state index in [2.05, 4.69) is 48.0 Å². The van der Waals surface area contributed by atoms with E-state index in [0.717, 1.165) is 79.6 Å². The molecule has 4 aromatic rings. The Balaban J connectivity index is 1.23. The second-order valence-corrected chi connectivity index (χ2v) is 10.4. The molecule has 0 aliphatic rings. The first-order valence-corrected chi connectivity index (χ1v) is 14.7. The number of imidazole rings is 1. The molecular formula is C34H42N4O2. The lowest BCUT2D eigenvalue weighted by atomic mass is 10.0. The van der Waals surface area contributed by atoms with Gasteiger partial charge in [-0.25, -0.2) is 4.98 Å². The lowest BCUT2D eigenvalue weighted by Crippen LogP contribution is -2.35. The molecule has 40 heavy (non-hydrogen) atoms. The molecule has 0 saturated heterocycles. The average molecular weight is 539 g/mol. The largest absolute Gasteiger partial charge is 0.356 e. The van der Waals surface area contributed by atoms with Crippen LogP contribution < -0.4 is 5.32 Å². The number of aromatic nitrogens is 2. The van der Waals surface area contributed by atoms with Crippen LogP contribution in [0.25, 0.3) is 22.2 Å². The fourth-order valence-electron chi connectivity index (χ4n) is 5.14. The highest BCUT2D eigenvalue weighted by atomic mass is 16.2. The molecule has 210 valence electrons. The number of aryl methyl sites for hydroxylation is 1. The van der Waals surface area contributed by atoms with Gasteiger partial charge in [-0.2, -0.15) is 0 Å². The van der Waals surface area contributed by atoms with Crippen LogP contribution >= 0.6 is 0 Å². The van der Waals surface area contributed by atoms with Crippen molar-refractivity contribution in [3.8, 4) is 11.1 Å². The Kier molecular flexibility index (Phi) is 10.9. The van der Waals surface area contributed by atoms with Crippen LogP contribution in [0.4, 0.5) is 0 Å². The third kappa shape index (κ3) is 8.04. The standard InChI is InChI=1S/C34H42N4O2/c1-3-23-37(24-4-2)34(40)26-38-31-16-11-10-15-30(31)36-32(38)17-9-6-12-22-35-33(39)25-27-18-20-29(21-19-27)28-13-7-5-8-14-28/h5,7-8,10-11,13-16,18-21H,3-4,6,9,12,17,22-26H2,1-2H3,(H,35,39). The molecule has 0 spiro atoms. The Bertz CT molecular complexity index is 1360. The number of para-hydroxylation sites is 2. The molecule has 3 aromatic carbocycles. The Morgan fingerprint density at radius 1 is 0.800 bits per heavy atom. The number of unbranched alkanes of at least 4 members (excludes halogenated alkanes) is 2. The summed E-state index contributed by atoms with van der Waals surface area (Å²) in [6.07, 6.45) is 5.98. The van der Waals surface area contributed by atoms with Gasteiger partial charge in [0.05, 0.1) is 17.5 Å². The normalized spacial score (nSPS) is 11.1. The minimum atomic E-state index is 0.0523. The van der Waals surface area contributed by atoms with Crippen LogP contribution in [0.5, 0.6) is 0 Å². The van der Waals surface area contributed by atoms with E-state index >= 15 is 0 Å². The predicted octanol–water partition coefficient (Wildman–Crippen LogP) is 6.42. The summed E-state index contributed by atoms with van der Waals surface area (Å²) in [6, 6.07) is 26.5. The highest BCUT2D eigenvalue weighted by molar-refractivity contribution is 5.81. The van der Waals surface area contributed by atoms with E-state index in [4.69, 9.17) is 4.98 Å². The van der Waals surface area contributed by atoms with Gasteiger partial charge in [0.2, 0.25) is 11.8 Å². The zero-order valence-electron chi connectivity index (χ0n) is 23.9. The lowest BCUT2D eigenvalue weighted by Gasteiger charge is -2.22. The number of carbonyl (C=O) groups is 2. The van der Waals surface area contributed by atoms with Crippen molar-refractivity contribution >= 4 is 22.8 Å². The third-order valence-corrected chi connectivity index (χ3v) is 7.19. The molecule has 0 fully saturated rings. The van der Waals surface area contributed by atoms with E-state index < -0.39 is 0 Å². The second-order valence-electron chi connectivity index (χ2n) is 10.4. The molecule has 6 nitrogen and oxygen atoms in total. The summed E-state index contributed by atoms with van der Waals surface area (Å²) in [6.45, 7) is 6.80. The zero-order chi connectivity index (χ0) is 28.2. The van der Waals surface area contributed by atoms with Crippen LogP contribution in [-0.4, -0.2) is 45.9 Å². The number of amides is 2. The van der Waals surface area contributed by atoms with Crippen molar-refractivity contribution < 1.29 is 9.59 Å². The van der Waals surface area contributed by atoms with E-state index in [1.807, 2.05) is 59.5 Å². The van der Waals surface area contributed by atoms with Crippen LogP contribution in [0.1, 0.15) is 57.3 Å². The molecule has 0 aliphatic carbocycles. The van der Waals surface area contributed by atoms with Crippen LogP contribution in [0, 0.1) is 0 Å². The molecule has 1 N–H and O–H groups in total. The maximum Gasteiger partial charge on any atom is 0.242 e.